The lowest BCUT2D eigenvalue weighted by molar-refractivity contribution is -0.117. The molecule has 1 aromatic rings. The van der Waals surface area contributed by atoms with Crippen molar-refractivity contribution < 1.29 is 14.6 Å². The number of amides is 1. The molecular formula is C12H14ClNO3. The summed E-state index contributed by atoms with van der Waals surface area (Å²) < 4.78 is 5.24. The fourth-order valence-corrected chi connectivity index (χ4v) is 2.10. The molecule has 0 radical (unpaired) electrons. The van der Waals surface area contributed by atoms with Crippen LogP contribution in [0.1, 0.15) is 12.0 Å². The fourth-order valence-electron chi connectivity index (χ4n) is 1.94. The molecule has 1 unspecified atom stereocenters. The van der Waals surface area contributed by atoms with Crippen molar-refractivity contribution >= 4 is 23.2 Å². The van der Waals surface area contributed by atoms with E-state index in [2.05, 4.69) is 0 Å². The highest BCUT2D eigenvalue weighted by Gasteiger charge is 2.31. The molecule has 92 valence electrons. The number of anilines is 1. The quantitative estimate of drug-likeness (QED) is 0.876. The highest BCUT2D eigenvalue weighted by molar-refractivity contribution is 6.31. The van der Waals surface area contributed by atoms with Crippen LogP contribution in [0.15, 0.2) is 12.1 Å². The number of carbonyl (C=O) groups excluding carboxylic acids is 1. The molecule has 1 aliphatic rings. The summed E-state index contributed by atoms with van der Waals surface area (Å²) in [5.74, 6) is 0.477. The van der Waals surface area contributed by atoms with Crippen LogP contribution in [0.5, 0.6) is 5.75 Å². The molecule has 2 rings (SSSR count). The number of hydrogen-bond acceptors (Lipinski definition) is 3. The Labute approximate surface area is 105 Å². The van der Waals surface area contributed by atoms with E-state index in [1.165, 1.54) is 4.90 Å². The Morgan fingerprint density at radius 1 is 1.53 bits per heavy atom. The number of hydrogen-bond donors (Lipinski definition) is 1. The van der Waals surface area contributed by atoms with E-state index in [1.54, 1.807) is 19.2 Å². The molecule has 5 heteroatoms. The van der Waals surface area contributed by atoms with Crippen LogP contribution in [-0.4, -0.2) is 30.8 Å². The summed E-state index contributed by atoms with van der Waals surface area (Å²) >= 11 is 6.05. The van der Waals surface area contributed by atoms with Crippen molar-refractivity contribution in [3.63, 3.8) is 0 Å². The zero-order chi connectivity index (χ0) is 12.6. The molecule has 1 saturated heterocycles. The number of methoxy groups -OCH3 is 1. The largest absolute Gasteiger partial charge is 0.495 e. The van der Waals surface area contributed by atoms with Gasteiger partial charge < -0.3 is 14.7 Å². The van der Waals surface area contributed by atoms with Crippen molar-refractivity contribution in [1.82, 2.24) is 0 Å². The van der Waals surface area contributed by atoms with Gasteiger partial charge in [0.05, 0.1) is 31.9 Å². The Kier molecular flexibility index (Phi) is 3.26. The van der Waals surface area contributed by atoms with Gasteiger partial charge in [0.1, 0.15) is 5.75 Å². The van der Waals surface area contributed by atoms with Crippen molar-refractivity contribution in [2.75, 3.05) is 18.6 Å². The molecular weight excluding hydrogens is 242 g/mol. The summed E-state index contributed by atoms with van der Waals surface area (Å²) in [7, 11) is 1.54. The number of β-amino-alcohol motifs (C(OH)–C–C–N with tert-alkyl or cyclic N) is 1. The smallest absolute Gasteiger partial charge is 0.229 e. The summed E-state index contributed by atoms with van der Waals surface area (Å²) in [6.45, 7) is 2.16. The first-order valence-electron chi connectivity index (χ1n) is 5.35. The maximum Gasteiger partial charge on any atom is 0.229 e. The molecule has 17 heavy (non-hydrogen) atoms. The Hall–Kier alpha value is -1.26. The average Bonchev–Trinajstić information content (AvgIpc) is 2.61. The molecule has 1 aliphatic heterocycles. The lowest BCUT2D eigenvalue weighted by Gasteiger charge is -2.20. The van der Waals surface area contributed by atoms with Gasteiger partial charge in [-0.2, -0.15) is 0 Å². The van der Waals surface area contributed by atoms with Crippen LogP contribution < -0.4 is 9.64 Å². The van der Waals surface area contributed by atoms with Gasteiger partial charge in [-0.3, -0.25) is 4.79 Å². The molecule has 1 amide bonds. The normalized spacial score (nSPS) is 19.9. The Morgan fingerprint density at radius 2 is 2.24 bits per heavy atom. The zero-order valence-corrected chi connectivity index (χ0v) is 10.5. The number of carbonyl (C=O) groups is 1. The summed E-state index contributed by atoms with van der Waals surface area (Å²) in [4.78, 5) is 13.2. The van der Waals surface area contributed by atoms with Crippen molar-refractivity contribution in [1.29, 1.82) is 0 Å². The van der Waals surface area contributed by atoms with E-state index in [4.69, 9.17) is 16.3 Å². The summed E-state index contributed by atoms with van der Waals surface area (Å²) in [6, 6.07) is 3.49. The maximum atomic E-state index is 11.7. The molecule has 0 saturated carbocycles. The predicted octanol–water partition coefficient (Wildman–Crippen LogP) is 1.75. The molecule has 0 bridgehead atoms. The number of rotatable bonds is 2. The molecule has 1 N–H and O–H groups in total. The van der Waals surface area contributed by atoms with Gasteiger partial charge in [-0.05, 0) is 24.6 Å². The number of ether oxygens (including phenoxy) is 1. The van der Waals surface area contributed by atoms with Crippen molar-refractivity contribution in [3.05, 3.63) is 22.7 Å². The molecule has 4 nitrogen and oxygen atoms in total. The van der Waals surface area contributed by atoms with Crippen LogP contribution in [0.3, 0.4) is 0 Å². The van der Waals surface area contributed by atoms with Gasteiger partial charge in [0.25, 0.3) is 0 Å². The lowest BCUT2D eigenvalue weighted by Crippen LogP contribution is -2.25. The molecule has 0 aromatic heterocycles. The highest BCUT2D eigenvalue weighted by Crippen LogP contribution is 2.35. The third kappa shape index (κ3) is 2.23. The zero-order valence-electron chi connectivity index (χ0n) is 9.74. The van der Waals surface area contributed by atoms with Gasteiger partial charge in [0, 0.05) is 5.02 Å². The third-order valence-electron chi connectivity index (χ3n) is 2.86. The maximum absolute atomic E-state index is 11.7. The lowest BCUT2D eigenvalue weighted by atomic mass is 10.2. The topological polar surface area (TPSA) is 49.8 Å². The SMILES string of the molecule is COc1cc(C)c(Cl)cc1N1CC(O)CC1=O. The van der Waals surface area contributed by atoms with Crippen LogP contribution in [0, 0.1) is 6.92 Å². The first-order chi connectivity index (χ1) is 8.02. The van der Waals surface area contributed by atoms with E-state index in [0.717, 1.165) is 5.56 Å². The molecule has 1 heterocycles. The monoisotopic (exact) mass is 255 g/mol. The van der Waals surface area contributed by atoms with Crippen LogP contribution >= 0.6 is 11.6 Å². The molecule has 1 atom stereocenters. The highest BCUT2D eigenvalue weighted by atomic mass is 35.5. The van der Waals surface area contributed by atoms with Crippen molar-refractivity contribution in [2.24, 2.45) is 0 Å². The molecule has 1 fully saturated rings. The van der Waals surface area contributed by atoms with E-state index in [-0.39, 0.29) is 18.9 Å². The van der Waals surface area contributed by atoms with Crippen molar-refractivity contribution in [2.45, 2.75) is 19.4 Å². The van der Waals surface area contributed by atoms with Gasteiger partial charge >= 0.3 is 0 Å². The molecule has 0 spiro atoms. The Balaban J connectivity index is 2.44. The second kappa shape index (κ2) is 4.55. The second-order valence-electron chi connectivity index (χ2n) is 4.14. The first kappa shape index (κ1) is 12.2. The Bertz CT molecular complexity index is 461. The number of halogens is 1. The standard InChI is InChI=1S/C12H14ClNO3/c1-7-3-11(17-2)10(5-9(7)13)14-6-8(15)4-12(14)16/h3,5,8,15H,4,6H2,1-2H3. The number of benzene rings is 1. The van der Waals surface area contributed by atoms with Crippen LogP contribution in [0.25, 0.3) is 0 Å². The van der Waals surface area contributed by atoms with E-state index in [1.807, 2.05) is 6.92 Å². The van der Waals surface area contributed by atoms with E-state index < -0.39 is 6.10 Å². The van der Waals surface area contributed by atoms with E-state index in [0.29, 0.717) is 16.5 Å². The van der Waals surface area contributed by atoms with Crippen LogP contribution in [0.4, 0.5) is 5.69 Å². The third-order valence-corrected chi connectivity index (χ3v) is 3.26. The van der Waals surface area contributed by atoms with Gasteiger partial charge in [-0.15, -0.1) is 0 Å². The van der Waals surface area contributed by atoms with Crippen LogP contribution in [-0.2, 0) is 4.79 Å². The number of aliphatic hydroxyl groups excluding tert-OH is 1. The van der Waals surface area contributed by atoms with Crippen molar-refractivity contribution in [3.8, 4) is 5.75 Å². The van der Waals surface area contributed by atoms with E-state index in [9.17, 15) is 9.90 Å². The van der Waals surface area contributed by atoms with Crippen LogP contribution in [0.2, 0.25) is 5.02 Å². The summed E-state index contributed by atoms with van der Waals surface area (Å²) in [5, 5.41) is 10.1. The molecule has 0 aliphatic carbocycles. The minimum atomic E-state index is -0.618. The average molecular weight is 256 g/mol. The summed E-state index contributed by atoms with van der Waals surface area (Å²) in [5.41, 5.74) is 1.50. The van der Waals surface area contributed by atoms with Gasteiger partial charge in [0.2, 0.25) is 5.91 Å². The Morgan fingerprint density at radius 3 is 2.76 bits per heavy atom. The van der Waals surface area contributed by atoms with E-state index >= 15 is 0 Å². The van der Waals surface area contributed by atoms with Gasteiger partial charge in [-0.1, -0.05) is 11.6 Å². The minimum absolute atomic E-state index is 0.115. The second-order valence-corrected chi connectivity index (χ2v) is 4.54. The number of aliphatic hydroxyl groups is 1. The number of aryl methyl sites for hydroxylation is 1. The fraction of sp³-hybridized carbons (Fsp3) is 0.417. The van der Waals surface area contributed by atoms with Gasteiger partial charge in [0.15, 0.2) is 0 Å². The first-order valence-corrected chi connectivity index (χ1v) is 5.73. The van der Waals surface area contributed by atoms with Gasteiger partial charge in [-0.25, -0.2) is 0 Å². The summed E-state index contributed by atoms with van der Waals surface area (Å²) in [6.07, 6.45) is -0.471. The number of nitrogens with zero attached hydrogens (tertiary/aromatic N) is 1. The molecule has 1 aromatic carbocycles. The minimum Gasteiger partial charge on any atom is -0.495 e. The predicted molar refractivity (Wildman–Crippen MR) is 65.7 cm³/mol.